The molecule has 6 nitrogen and oxygen atoms in total. The zero-order valence-electron chi connectivity index (χ0n) is 13.9. The number of rotatable bonds is 5. The molecule has 0 N–H and O–H groups in total. The Morgan fingerprint density at radius 2 is 1.88 bits per heavy atom. The van der Waals surface area contributed by atoms with Crippen LogP contribution in [0.4, 0.5) is 0 Å². The summed E-state index contributed by atoms with van der Waals surface area (Å²) in [5.74, 6) is 0.395. The highest BCUT2D eigenvalue weighted by Gasteiger charge is 2.23. The van der Waals surface area contributed by atoms with Gasteiger partial charge in [0.25, 0.3) is 0 Å². The first-order chi connectivity index (χ1) is 11.4. The highest BCUT2D eigenvalue weighted by atomic mass is 16.7. The molecule has 0 fully saturated rings. The van der Waals surface area contributed by atoms with Crippen molar-refractivity contribution >= 4 is 18.0 Å². The predicted molar refractivity (Wildman–Crippen MR) is 87.2 cm³/mol. The van der Waals surface area contributed by atoms with Gasteiger partial charge in [-0.05, 0) is 38.5 Å². The number of esters is 2. The molecule has 128 valence electrons. The van der Waals surface area contributed by atoms with Crippen LogP contribution in [-0.2, 0) is 19.1 Å². The van der Waals surface area contributed by atoms with E-state index in [1.807, 2.05) is 24.3 Å². The normalized spacial score (nSPS) is 13.5. The molecule has 0 saturated carbocycles. The molecule has 1 heterocycles. The quantitative estimate of drug-likeness (QED) is 0.357. The summed E-state index contributed by atoms with van der Waals surface area (Å²) in [6.45, 7) is 4.99. The average Bonchev–Trinajstić information content (AvgIpc) is 2.98. The number of carbonyl (C=O) groups is 2. The summed E-state index contributed by atoms with van der Waals surface area (Å²) in [6.07, 6.45) is 6.29. The number of hydrogen-bond acceptors (Lipinski definition) is 6. The van der Waals surface area contributed by atoms with Crippen LogP contribution in [0.3, 0.4) is 0 Å². The van der Waals surface area contributed by atoms with Gasteiger partial charge in [0, 0.05) is 6.08 Å². The van der Waals surface area contributed by atoms with Crippen molar-refractivity contribution in [2.45, 2.75) is 20.8 Å². The van der Waals surface area contributed by atoms with Crippen LogP contribution in [0.2, 0.25) is 0 Å². The van der Waals surface area contributed by atoms with Gasteiger partial charge in [0.1, 0.15) is 0 Å². The van der Waals surface area contributed by atoms with Crippen LogP contribution in [0.1, 0.15) is 26.3 Å². The van der Waals surface area contributed by atoms with Crippen LogP contribution in [0, 0.1) is 5.41 Å². The van der Waals surface area contributed by atoms with Crippen molar-refractivity contribution in [2.75, 3.05) is 13.6 Å². The summed E-state index contributed by atoms with van der Waals surface area (Å²) in [5.41, 5.74) is 0.284. The second kappa shape index (κ2) is 7.68. The molecule has 2 rings (SSSR count). The summed E-state index contributed by atoms with van der Waals surface area (Å²) >= 11 is 0. The first-order valence-electron chi connectivity index (χ1n) is 7.44. The van der Waals surface area contributed by atoms with Crippen LogP contribution < -0.4 is 9.47 Å². The Kier molecular flexibility index (Phi) is 5.63. The first kappa shape index (κ1) is 17.6. The zero-order valence-corrected chi connectivity index (χ0v) is 13.9. The zero-order chi connectivity index (χ0) is 17.6. The molecule has 24 heavy (non-hydrogen) atoms. The van der Waals surface area contributed by atoms with E-state index in [4.69, 9.17) is 18.9 Å². The van der Waals surface area contributed by atoms with Crippen LogP contribution in [0.5, 0.6) is 11.5 Å². The number of carbonyl (C=O) groups excluding carboxylic acids is 2. The van der Waals surface area contributed by atoms with Crippen LogP contribution in [0.25, 0.3) is 6.08 Å². The molecule has 0 unspecified atom stereocenters. The fourth-order valence-corrected chi connectivity index (χ4v) is 1.72. The van der Waals surface area contributed by atoms with E-state index in [0.717, 1.165) is 11.3 Å². The van der Waals surface area contributed by atoms with E-state index in [0.29, 0.717) is 5.75 Å². The molecular formula is C18H20O6. The molecule has 0 radical (unpaired) electrons. The highest BCUT2D eigenvalue weighted by molar-refractivity contribution is 5.82. The second-order valence-corrected chi connectivity index (χ2v) is 6.09. The van der Waals surface area contributed by atoms with Crippen LogP contribution >= 0.6 is 0 Å². The number of allylic oxidation sites excluding steroid dienone is 2. The van der Waals surface area contributed by atoms with Gasteiger partial charge in [-0.2, -0.15) is 0 Å². The van der Waals surface area contributed by atoms with Gasteiger partial charge in [-0.25, -0.2) is 4.79 Å². The fourth-order valence-electron chi connectivity index (χ4n) is 1.72. The monoisotopic (exact) mass is 332 g/mol. The summed E-state index contributed by atoms with van der Waals surface area (Å²) < 4.78 is 20.1. The lowest BCUT2D eigenvalue weighted by atomic mass is 9.98. The number of fused-ring (bicyclic) bond motifs is 1. The van der Waals surface area contributed by atoms with E-state index in [1.54, 1.807) is 32.9 Å². The number of hydrogen-bond donors (Lipinski definition) is 0. The number of ether oxygens (including phenoxy) is 4. The van der Waals surface area contributed by atoms with E-state index in [-0.39, 0.29) is 6.79 Å². The minimum absolute atomic E-state index is 0.230. The molecule has 1 aromatic carbocycles. The van der Waals surface area contributed by atoms with Crippen molar-refractivity contribution in [3.8, 4) is 11.5 Å². The number of benzene rings is 1. The Hall–Kier alpha value is -2.76. The largest absolute Gasteiger partial charge is 0.454 e. The van der Waals surface area contributed by atoms with E-state index in [1.165, 1.54) is 6.08 Å². The van der Waals surface area contributed by atoms with E-state index < -0.39 is 24.1 Å². The Balaban J connectivity index is 1.75. The Morgan fingerprint density at radius 1 is 1.12 bits per heavy atom. The van der Waals surface area contributed by atoms with Crippen molar-refractivity contribution < 1.29 is 28.5 Å². The van der Waals surface area contributed by atoms with E-state index >= 15 is 0 Å². The van der Waals surface area contributed by atoms with Crippen molar-refractivity contribution in [1.29, 1.82) is 0 Å². The van der Waals surface area contributed by atoms with Gasteiger partial charge in [0.15, 0.2) is 11.5 Å². The third-order valence-electron chi connectivity index (χ3n) is 3.03. The van der Waals surface area contributed by atoms with Crippen molar-refractivity contribution in [3.05, 3.63) is 42.0 Å². The molecule has 1 aromatic rings. The van der Waals surface area contributed by atoms with Gasteiger partial charge >= 0.3 is 11.9 Å². The van der Waals surface area contributed by atoms with Gasteiger partial charge in [-0.3, -0.25) is 4.79 Å². The van der Waals surface area contributed by atoms with Crippen molar-refractivity contribution in [1.82, 2.24) is 0 Å². The second-order valence-electron chi connectivity index (χ2n) is 6.09. The maximum atomic E-state index is 11.5. The van der Waals surface area contributed by atoms with E-state index in [2.05, 4.69) is 0 Å². The van der Waals surface area contributed by atoms with Gasteiger partial charge in [0.2, 0.25) is 13.6 Å². The SMILES string of the molecule is CC(C)(C)C(=O)OCOC(=O)/C=C/C=C/c1ccc2c(c1)OCO2. The standard InChI is InChI=1S/C18H20O6/c1-18(2,3)17(20)24-12-23-16(19)7-5-4-6-13-8-9-14-15(10-13)22-11-21-14/h4-10H,11-12H2,1-3H3/b6-4+,7-5+. The summed E-state index contributed by atoms with van der Waals surface area (Å²) in [4.78, 5) is 23.0. The molecule has 1 aliphatic heterocycles. The van der Waals surface area contributed by atoms with Gasteiger partial charge < -0.3 is 18.9 Å². The Bertz CT molecular complexity index is 667. The lowest BCUT2D eigenvalue weighted by molar-refractivity contribution is -0.170. The topological polar surface area (TPSA) is 71.1 Å². The third-order valence-corrected chi connectivity index (χ3v) is 3.03. The molecule has 0 amide bonds. The van der Waals surface area contributed by atoms with Gasteiger partial charge in [-0.1, -0.05) is 24.3 Å². The summed E-state index contributed by atoms with van der Waals surface area (Å²) in [6, 6.07) is 5.54. The van der Waals surface area contributed by atoms with Gasteiger partial charge in [0.05, 0.1) is 5.41 Å². The van der Waals surface area contributed by atoms with Crippen molar-refractivity contribution in [2.24, 2.45) is 5.41 Å². The van der Waals surface area contributed by atoms with Crippen LogP contribution in [0.15, 0.2) is 36.4 Å². The Morgan fingerprint density at radius 3 is 2.62 bits per heavy atom. The highest BCUT2D eigenvalue weighted by Crippen LogP contribution is 2.32. The molecule has 0 aliphatic carbocycles. The molecule has 0 spiro atoms. The molecule has 0 bridgehead atoms. The minimum Gasteiger partial charge on any atom is -0.454 e. The maximum absolute atomic E-state index is 11.5. The Labute approximate surface area is 140 Å². The smallest absolute Gasteiger partial charge is 0.333 e. The molecule has 1 aliphatic rings. The molecular weight excluding hydrogens is 312 g/mol. The molecule has 0 atom stereocenters. The summed E-state index contributed by atoms with van der Waals surface area (Å²) in [5, 5.41) is 0. The third kappa shape index (κ3) is 5.15. The summed E-state index contributed by atoms with van der Waals surface area (Å²) in [7, 11) is 0. The molecule has 0 aromatic heterocycles. The van der Waals surface area contributed by atoms with Crippen LogP contribution in [-0.4, -0.2) is 25.5 Å². The maximum Gasteiger partial charge on any atom is 0.333 e. The molecule has 0 saturated heterocycles. The minimum atomic E-state index is -0.629. The van der Waals surface area contributed by atoms with Gasteiger partial charge in [-0.15, -0.1) is 0 Å². The lowest BCUT2D eigenvalue weighted by Crippen LogP contribution is -2.24. The molecule has 6 heteroatoms. The van der Waals surface area contributed by atoms with E-state index in [9.17, 15) is 9.59 Å². The van der Waals surface area contributed by atoms with Crippen molar-refractivity contribution in [3.63, 3.8) is 0 Å². The fraction of sp³-hybridized carbons (Fsp3) is 0.333. The average molecular weight is 332 g/mol. The first-order valence-corrected chi connectivity index (χ1v) is 7.44. The predicted octanol–water partition coefficient (Wildman–Crippen LogP) is 3.07. The lowest BCUT2D eigenvalue weighted by Gasteiger charge is -2.15.